The van der Waals surface area contributed by atoms with E-state index in [0.717, 1.165) is 19.3 Å². The van der Waals surface area contributed by atoms with Crippen molar-refractivity contribution in [2.45, 2.75) is 58.4 Å². The van der Waals surface area contributed by atoms with E-state index in [1.54, 1.807) is 0 Å². The van der Waals surface area contributed by atoms with Crippen molar-refractivity contribution in [3.63, 3.8) is 0 Å². The van der Waals surface area contributed by atoms with Crippen LogP contribution in [0, 0.1) is 16.7 Å². The van der Waals surface area contributed by atoms with Crippen LogP contribution in [0.25, 0.3) is 0 Å². The largest absolute Gasteiger partial charge is 0.353 e. The highest BCUT2D eigenvalue weighted by molar-refractivity contribution is 5.85. The fourth-order valence-electron chi connectivity index (χ4n) is 2.58. The number of hydrogen-bond donors (Lipinski definition) is 2. The Morgan fingerprint density at radius 3 is 2.53 bits per heavy atom. The maximum atomic E-state index is 12.3. The molecule has 1 rings (SSSR count). The first kappa shape index (κ1) is 15.5. The summed E-state index contributed by atoms with van der Waals surface area (Å²) in [6.07, 6.45) is 4.05. The van der Waals surface area contributed by atoms with Crippen LogP contribution in [0.3, 0.4) is 0 Å². The molecule has 106 valence electrons. The van der Waals surface area contributed by atoms with Crippen LogP contribution in [-0.2, 0) is 9.59 Å². The fraction of sp³-hybridized carbons (Fsp3) is 0.786. The monoisotopic (exact) mass is 265 g/mol. The summed E-state index contributed by atoms with van der Waals surface area (Å²) in [5.74, 6) is -0.159. The van der Waals surface area contributed by atoms with Crippen LogP contribution < -0.4 is 10.6 Å². The van der Waals surface area contributed by atoms with E-state index in [1.807, 2.05) is 13.8 Å². The van der Waals surface area contributed by atoms with Crippen molar-refractivity contribution in [1.82, 2.24) is 10.6 Å². The van der Waals surface area contributed by atoms with E-state index in [-0.39, 0.29) is 17.9 Å². The predicted octanol–water partition coefficient (Wildman–Crippen LogP) is 1.49. The van der Waals surface area contributed by atoms with Gasteiger partial charge in [0.1, 0.15) is 5.41 Å². The average molecular weight is 265 g/mol. The van der Waals surface area contributed by atoms with Crippen LogP contribution in [0.5, 0.6) is 0 Å². The number of amides is 2. The Labute approximate surface area is 114 Å². The van der Waals surface area contributed by atoms with E-state index < -0.39 is 5.41 Å². The van der Waals surface area contributed by atoms with Crippen LogP contribution in [0.15, 0.2) is 0 Å². The van der Waals surface area contributed by atoms with Crippen molar-refractivity contribution < 1.29 is 9.59 Å². The minimum Gasteiger partial charge on any atom is -0.353 e. The highest BCUT2D eigenvalue weighted by atomic mass is 16.2. The molecule has 0 aromatic carbocycles. The summed E-state index contributed by atoms with van der Waals surface area (Å²) in [6, 6.07) is 2.21. The number of nitrogens with one attached hydrogen (secondary N) is 2. The van der Waals surface area contributed by atoms with E-state index in [2.05, 4.69) is 16.7 Å². The first-order valence-corrected chi connectivity index (χ1v) is 7.07. The van der Waals surface area contributed by atoms with Gasteiger partial charge in [-0.1, -0.05) is 26.7 Å². The molecule has 1 aliphatic rings. The van der Waals surface area contributed by atoms with Gasteiger partial charge in [0.2, 0.25) is 11.8 Å². The molecule has 1 atom stereocenters. The fourth-order valence-corrected chi connectivity index (χ4v) is 2.58. The van der Waals surface area contributed by atoms with E-state index in [4.69, 9.17) is 0 Å². The highest BCUT2D eigenvalue weighted by Gasteiger charge is 2.37. The Hall–Kier alpha value is -1.57. The van der Waals surface area contributed by atoms with Crippen LogP contribution in [-0.4, -0.2) is 24.4 Å². The lowest BCUT2D eigenvalue weighted by Crippen LogP contribution is -2.45. The molecule has 0 aliphatic carbocycles. The van der Waals surface area contributed by atoms with Gasteiger partial charge in [-0.05, 0) is 19.3 Å². The molecule has 19 heavy (non-hydrogen) atoms. The van der Waals surface area contributed by atoms with Crippen molar-refractivity contribution in [2.24, 2.45) is 5.41 Å². The Bertz CT molecular complexity index is 367. The molecule has 0 spiro atoms. The van der Waals surface area contributed by atoms with Gasteiger partial charge in [-0.25, -0.2) is 0 Å². The Morgan fingerprint density at radius 2 is 2.11 bits per heavy atom. The summed E-state index contributed by atoms with van der Waals surface area (Å²) in [6.45, 7) is 4.37. The number of carbonyl (C=O) groups is 2. The Kier molecular flexibility index (Phi) is 5.81. The first-order chi connectivity index (χ1) is 9.07. The number of nitrogens with zero attached hydrogens (tertiary/aromatic N) is 1. The quantitative estimate of drug-likeness (QED) is 0.731. The second-order valence-corrected chi connectivity index (χ2v) is 5.21. The van der Waals surface area contributed by atoms with Gasteiger partial charge in [-0.3, -0.25) is 9.59 Å². The predicted molar refractivity (Wildman–Crippen MR) is 72.0 cm³/mol. The van der Waals surface area contributed by atoms with Crippen molar-refractivity contribution in [2.75, 3.05) is 6.54 Å². The lowest BCUT2D eigenvalue weighted by Gasteiger charge is -2.25. The molecule has 1 fully saturated rings. The number of hydrogen-bond acceptors (Lipinski definition) is 3. The molecule has 2 amide bonds. The molecular formula is C14H23N3O2. The van der Waals surface area contributed by atoms with Crippen molar-refractivity contribution in [3.05, 3.63) is 0 Å². The van der Waals surface area contributed by atoms with Gasteiger partial charge in [0, 0.05) is 19.0 Å². The first-order valence-electron chi connectivity index (χ1n) is 7.07. The van der Waals surface area contributed by atoms with Gasteiger partial charge in [0.05, 0.1) is 6.07 Å². The van der Waals surface area contributed by atoms with Gasteiger partial charge in [0.25, 0.3) is 0 Å². The lowest BCUT2D eigenvalue weighted by molar-refractivity contribution is -0.129. The van der Waals surface area contributed by atoms with Gasteiger partial charge in [-0.2, -0.15) is 5.26 Å². The summed E-state index contributed by atoms with van der Waals surface area (Å²) in [7, 11) is 0. The molecular weight excluding hydrogens is 242 g/mol. The van der Waals surface area contributed by atoms with E-state index in [9.17, 15) is 14.9 Å². The molecule has 2 N–H and O–H groups in total. The highest BCUT2D eigenvalue weighted by Crippen LogP contribution is 2.29. The minimum absolute atomic E-state index is 0.0103. The zero-order valence-corrected chi connectivity index (χ0v) is 11.8. The van der Waals surface area contributed by atoms with Crippen LogP contribution in [0.2, 0.25) is 0 Å². The van der Waals surface area contributed by atoms with Crippen molar-refractivity contribution in [3.8, 4) is 6.07 Å². The summed E-state index contributed by atoms with van der Waals surface area (Å²) in [5.41, 5.74) is -0.911. The summed E-state index contributed by atoms with van der Waals surface area (Å²) in [4.78, 5) is 23.3. The molecule has 0 aromatic rings. The van der Waals surface area contributed by atoms with Gasteiger partial charge >= 0.3 is 0 Å². The second kappa shape index (κ2) is 7.13. The van der Waals surface area contributed by atoms with Gasteiger partial charge in [0.15, 0.2) is 0 Å². The third-order valence-corrected chi connectivity index (χ3v) is 3.60. The topological polar surface area (TPSA) is 82.0 Å². The Morgan fingerprint density at radius 1 is 1.47 bits per heavy atom. The lowest BCUT2D eigenvalue weighted by atomic mass is 9.79. The van der Waals surface area contributed by atoms with Crippen LogP contribution in [0.1, 0.15) is 52.4 Å². The molecule has 0 saturated carbocycles. The van der Waals surface area contributed by atoms with Gasteiger partial charge < -0.3 is 10.6 Å². The van der Waals surface area contributed by atoms with Crippen molar-refractivity contribution >= 4 is 11.8 Å². The molecule has 0 radical (unpaired) electrons. The second-order valence-electron chi connectivity index (χ2n) is 5.21. The molecule has 1 heterocycles. The minimum atomic E-state index is -0.911. The van der Waals surface area contributed by atoms with Crippen LogP contribution >= 0.6 is 0 Å². The average Bonchev–Trinajstić information content (AvgIpc) is 2.81. The summed E-state index contributed by atoms with van der Waals surface area (Å²) in [5, 5.41) is 15.0. The number of nitriles is 1. The smallest absolute Gasteiger partial charge is 0.240 e. The zero-order chi connectivity index (χ0) is 14.3. The van der Waals surface area contributed by atoms with Crippen LogP contribution in [0.4, 0.5) is 0 Å². The summed E-state index contributed by atoms with van der Waals surface area (Å²) < 4.78 is 0. The van der Waals surface area contributed by atoms with E-state index in [1.165, 1.54) is 0 Å². The molecule has 1 aliphatic heterocycles. The van der Waals surface area contributed by atoms with Gasteiger partial charge in [-0.15, -0.1) is 0 Å². The van der Waals surface area contributed by atoms with E-state index >= 15 is 0 Å². The number of rotatable bonds is 7. The normalized spacial score (nSPS) is 18.8. The molecule has 0 aromatic heterocycles. The standard InChI is InChI=1S/C14H23N3O2/c1-3-7-14(10-15,8-4-2)13(19)16-9-11-5-6-12(18)17-11/h11H,3-9H2,1-2H3,(H,16,19)(H,17,18). The Balaban J connectivity index is 2.57. The molecule has 0 bridgehead atoms. The summed E-state index contributed by atoms with van der Waals surface area (Å²) >= 11 is 0. The molecule has 5 nitrogen and oxygen atoms in total. The molecule has 1 unspecified atom stereocenters. The zero-order valence-electron chi connectivity index (χ0n) is 11.8. The third kappa shape index (κ3) is 3.95. The SMILES string of the molecule is CCCC(C#N)(CCC)C(=O)NCC1CCC(=O)N1. The molecule has 1 saturated heterocycles. The maximum Gasteiger partial charge on any atom is 0.240 e. The molecule has 5 heteroatoms. The number of carbonyl (C=O) groups excluding carboxylic acids is 2. The van der Waals surface area contributed by atoms with Crippen molar-refractivity contribution in [1.29, 1.82) is 5.26 Å². The third-order valence-electron chi connectivity index (χ3n) is 3.60. The maximum absolute atomic E-state index is 12.3. The van der Waals surface area contributed by atoms with E-state index in [0.29, 0.717) is 25.8 Å².